The second kappa shape index (κ2) is 2.12. The van der Waals surface area contributed by atoms with Crippen LogP contribution in [0.15, 0.2) is 30.5 Å². The molecule has 0 N–H and O–H groups in total. The molecule has 11 heavy (non-hydrogen) atoms. The lowest BCUT2D eigenvalue weighted by Gasteiger charge is -1.94. The van der Waals surface area contributed by atoms with E-state index in [-0.39, 0.29) is 0 Å². The van der Waals surface area contributed by atoms with Crippen molar-refractivity contribution in [2.45, 2.75) is 6.92 Å². The van der Waals surface area contributed by atoms with Gasteiger partial charge >= 0.3 is 0 Å². The molecule has 0 spiro atoms. The summed E-state index contributed by atoms with van der Waals surface area (Å²) in [6, 6.07) is 8.11. The van der Waals surface area contributed by atoms with Crippen molar-refractivity contribution >= 4 is 5.52 Å². The Kier molecular flexibility index (Phi) is 1.25. The number of hydrogen-bond acceptors (Lipinski definition) is 0. The predicted octanol–water partition coefficient (Wildman–Crippen LogP) is 2.31. The van der Waals surface area contributed by atoms with Crippen LogP contribution in [0.2, 0.25) is 0 Å². The topological polar surface area (TPSA) is 4.41 Å². The third-order valence-corrected chi connectivity index (χ3v) is 1.92. The minimum Gasteiger partial charge on any atom is -0.320 e. The smallest absolute Gasteiger partial charge is 0.0455 e. The molecule has 1 heteroatoms. The molecule has 2 radical (unpaired) electrons. The molecule has 0 aliphatic heterocycles. The summed E-state index contributed by atoms with van der Waals surface area (Å²) >= 11 is 0. The molecule has 0 atom stereocenters. The third kappa shape index (κ3) is 0.845. The van der Waals surface area contributed by atoms with E-state index in [4.69, 9.17) is 6.92 Å². The molecule has 0 amide bonds. The normalized spacial score (nSPS) is 10.7. The lowest BCUT2D eigenvalue weighted by molar-refractivity contribution is 1.14. The molecule has 0 saturated carbocycles. The summed E-state index contributed by atoms with van der Waals surface area (Å²) in [5, 5.41) is 0. The number of aromatic nitrogens is 1. The maximum Gasteiger partial charge on any atom is 0.0455 e. The molecular weight excluding hydrogens is 134 g/mol. The average molecular weight is 143 g/mol. The highest BCUT2D eigenvalue weighted by atomic mass is 14.9. The van der Waals surface area contributed by atoms with Crippen molar-refractivity contribution in [3.63, 3.8) is 0 Å². The van der Waals surface area contributed by atoms with Crippen LogP contribution < -0.4 is 0 Å². The fourth-order valence-corrected chi connectivity index (χ4v) is 1.28. The van der Waals surface area contributed by atoms with E-state index in [0.717, 1.165) is 16.8 Å². The summed E-state index contributed by atoms with van der Waals surface area (Å²) in [5.41, 5.74) is 3.12. The molecule has 2 rings (SSSR count). The van der Waals surface area contributed by atoms with Gasteiger partial charge in [-0.2, -0.15) is 0 Å². The van der Waals surface area contributed by atoms with Gasteiger partial charge in [0.05, 0.1) is 0 Å². The SMILES string of the molecule is [CH]c1c(C)cc2ccccn12. The number of hydrogen-bond donors (Lipinski definition) is 0. The standard InChI is InChI=1S/C10H9N/c1-8-7-10-5-3-4-6-11(10)9(8)2/h2-7H,1H3. The zero-order chi connectivity index (χ0) is 7.84. The van der Waals surface area contributed by atoms with Crippen LogP contribution in [0.3, 0.4) is 0 Å². The van der Waals surface area contributed by atoms with Gasteiger partial charge in [-0.1, -0.05) is 6.07 Å². The zero-order valence-electron chi connectivity index (χ0n) is 6.41. The quantitative estimate of drug-likeness (QED) is 0.533. The van der Waals surface area contributed by atoms with Crippen molar-refractivity contribution in [3.05, 3.63) is 48.6 Å². The lowest BCUT2D eigenvalue weighted by atomic mass is 10.3. The third-order valence-electron chi connectivity index (χ3n) is 1.92. The largest absolute Gasteiger partial charge is 0.320 e. The molecule has 2 aromatic heterocycles. The maximum absolute atomic E-state index is 5.80. The Bertz CT molecular complexity index is 385. The van der Waals surface area contributed by atoms with Gasteiger partial charge in [-0.25, -0.2) is 0 Å². The Balaban J connectivity index is 2.92. The highest BCUT2D eigenvalue weighted by Gasteiger charge is 1.99. The van der Waals surface area contributed by atoms with E-state index in [0.29, 0.717) is 0 Å². The number of pyridine rings is 1. The van der Waals surface area contributed by atoms with E-state index in [1.807, 2.05) is 35.7 Å². The number of nitrogens with zero attached hydrogens (tertiary/aromatic N) is 1. The highest BCUT2D eigenvalue weighted by Crippen LogP contribution is 2.13. The number of aryl methyl sites for hydroxylation is 1. The molecule has 2 heterocycles. The fraction of sp³-hybridized carbons (Fsp3) is 0.100. The van der Waals surface area contributed by atoms with Gasteiger partial charge in [-0.05, 0) is 30.7 Å². The Morgan fingerprint density at radius 1 is 1.36 bits per heavy atom. The minimum atomic E-state index is 0.834. The molecule has 0 fully saturated rings. The first kappa shape index (κ1) is 6.47. The van der Waals surface area contributed by atoms with Gasteiger partial charge < -0.3 is 4.40 Å². The predicted molar refractivity (Wildman–Crippen MR) is 45.5 cm³/mol. The second-order valence-corrected chi connectivity index (χ2v) is 2.71. The summed E-state index contributed by atoms with van der Waals surface area (Å²) in [6.45, 7) is 7.82. The molecule has 0 aliphatic carbocycles. The highest BCUT2D eigenvalue weighted by molar-refractivity contribution is 5.53. The van der Waals surface area contributed by atoms with Crippen molar-refractivity contribution in [2.75, 3.05) is 0 Å². The minimum absolute atomic E-state index is 0.834. The van der Waals surface area contributed by atoms with Crippen LogP contribution in [0.5, 0.6) is 0 Å². The summed E-state index contributed by atoms with van der Waals surface area (Å²) in [6.07, 6.45) is 1.97. The molecule has 0 saturated heterocycles. The van der Waals surface area contributed by atoms with Crippen molar-refractivity contribution in [3.8, 4) is 0 Å². The van der Waals surface area contributed by atoms with E-state index in [9.17, 15) is 0 Å². The number of fused-ring (bicyclic) bond motifs is 1. The van der Waals surface area contributed by atoms with Gasteiger partial charge in [0.2, 0.25) is 0 Å². The van der Waals surface area contributed by atoms with E-state index in [2.05, 4.69) is 6.07 Å². The van der Waals surface area contributed by atoms with Crippen LogP contribution in [0, 0.1) is 13.8 Å². The summed E-state index contributed by atoms with van der Waals surface area (Å²) in [7, 11) is 0. The Hall–Kier alpha value is -1.24. The molecule has 2 aromatic rings. The summed E-state index contributed by atoms with van der Waals surface area (Å²) < 4.78 is 1.98. The second-order valence-electron chi connectivity index (χ2n) is 2.71. The van der Waals surface area contributed by atoms with Gasteiger partial charge in [0.25, 0.3) is 0 Å². The van der Waals surface area contributed by atoms with E-state index in [1.165, 1.54) is 0 Å². The van der Waals surface area contributed by atoms with Crippen molar-refractivity contribution < 1.29 is 0 Å². The lowest BCUT2D eigenvalue weighted by Crippen LogP contribution is -1.84. The molecule has 0 aromatic carbocycles. The van der Waals surface area contributed by atoms with Crippen molar-refractivity contribution in [2.24, 2.45) is 0 Å². The summed E-state index contributed by atoms with van der Waals surface area (Å²) in [5.74, 6) is 0. The van der Waals surface area contributed by atoms with E-state index < -0.39 is 0 Å². The monoisotopic (exact) mass is 143 g/mol. The van der Waals surface area contributed by atoms with Crippen LogP contribution in [0.1, 0.15) is 11.3 Å². The molecule has 54 valence electrons. The first-order chi connectivity index (χ1) is 5.29. The molecule has 1 nitrogen and oxygen atoms in total. The van der Waals surface area contributed by atoms with Gasteiger partial charge in [0.1, 0.15) is 0 Å². The summed E-state index contributed by atoms with van der Waals surface area (Å²) in [4.78, 5) is 0. The number of rotatable bonds is 0. The fourth-order valence-electron chi connectivity index (χ4n) is 1.28. The molecular formula is C10H9N. The van der Waals surface area contributed by atoms with Crippen molar-refractivity contribution in [1.29, 1.82) is 0 Å². The first-order valence-electron chi connectivity index (χ1n) is 3.61. The van der Waals surface area contributed by atoms with Crippen LogP contribution in [0.25, 0.3) is 5.52 Å². The molecule has 0 unspecified atom stereocenters. The van der Waals surface area contributed by atoms with Gasteiger partial charge in [-0.15, -0.1) is 0 Å². The van der Waals surface area contributed by atoms with Crippen LogP contribution in [-0.4, -0.2) is 4.40 Å². The maximum atomic E-state index is 5.80. The van der Waals surface area contributed by atoms with Crippen LogP contribution >= 0.6 is 0 Å². The van der Waals surface area contributed by atoms with Crippen molar-refractivity contribution in [1.82, 2.24) is 4.40 Å². The van der Waals surface area contributed by atoms with E-state index >= 15 is 0 Å². The van der Waals surface area contributed by atoms with Gasteiger partial charge in [-0.3, -0.25) is 0 Å². The Morgan fingerprint density at radius 3 is 2.91 bits per heavy atom. The van der Waals surface area contributed by atoms with Gasteiger partial charge in [0.15, 0.2) is 0 Å². The molecule has 0 bridgehead atoms. The van der Waals surface area contributed by atoms with Gasteiger partial charge in [0, 0.05) is 24.3 Å². The first-order valence-corrected chi connectivity index (χ1v) is 3.61. The van der Waals surface area contributed by atoms with Crippen LogP contribution in [-0.2, 0) is 0 Å². The average Bonchev–Trinajstić information content (AvgIpc) is 2.30. The Morgan fingerprint density at radius 2 is 2.18 bits per heavy atom. The Labute approximate surface area is 66.3 Å². The van der Waals surface area contributed by atoms with Crippen LogP contribution in [0.4, 0.5) is 0 Å². The van der Waals surface area contributed by atoms with E-state index in [1.54, 1.807) is 0 Å². The zero-order valence-corrected chi connectivity index (χ0v) is 6.41. The molecule has 0 aliphatic rings.